The lowest BCUT2D eigenvalue weighted by molar-refractivity contribution is 0.102. The number of rotatable bonds is 4. The van der Waals surface area contributed by atoms with Crippen LogP contribution in [0.1, 0.15) is 21.5 Å². The zero-order valence-corrected chi connectivity index (χ0v) is 11.9. The van der Waals surface area contributed by atoms with Crippen LogP contribution in [0.25, 0.3) is 0 Å². The lowest BCUT2D eigenvalue weighted by atomic mass is 10.1. The molecule has 0 radical (unpaired) electrons. The van der Waals surface area contributed by atoms with Gasteiger partial charge in [0.05, 0.1) is 0 Å². The van der Waals surface area contributed by atoms with E-state index < -0.39 is 0 Å². The van der Waals surface area contributed by atoms with Crippen molar-refractivity contribution < 1.29 is 9.90 Å². The van der Waals surface area contributed by atoms with Gasteiger partial charge in [-0.1, -0.05) is 23.7 Å². The van der Waals surface area contributed by atoms with E-state index in [1.54, 1.807) is 18.2 Å². The number of benzene rings is 2. The molecule has 0 heterocycles. The molecule has 2 rings (SSSR count). The number of anilines is 1. The van der Waals surface area contributed by atoms with Crippen molar-refractivity contribution in [3.63, 3.8) is 0 Å². The summed E-state index contributed by atoms with van der Waals surface area (Å²) < 4.78 is 0. The minimum absolute atomic E-state index is 0.121. The molecule has 0 spiro atoms. The van der Waals surface area contributed by atoms with Crippen LogP contribution >= 0.6 is 11.6 Å². The number of aryl methyl sites for hydroxylation is 1. The number of aliphatic hydroxyl groups is 1. The minimum Gasteiger partial charge on any atom is -0.396 e. The van der Waals surface area contributed by atoms with E-state index >= 15 is 0 Å². The smallest absolute Gasteiger partial charge is 0.255 e. The van der Waals surface area contributed by atoms with E-state index in [-0.39, 0.29) is 12.5 Å². The number of aliphatic hydroxyl groups excluding tert-OH is 1. The van der Waals surface area contributed by atoms with Gasteiger partial charge in [0.1, 0.15) is 0 Å². The Balaban J connectivity index is 2.11. The maximum Gasteiger partial charge on any atom is 0.255 e. The monoisotopic (exact) mass is 289 g/mol. The Labute approximate surface area is 123 Å². The number of hydrogen-bond acceptors (Lipinski definition) is 2. The SMILES string of the molecule is Cc1cc(Cl)ccc1C(=O)Nc1ccc(CCO)cc1. The van der Waals surface area contributed by atoms with E-state index in [1.807, 2.05) is 31.2 Å². The Morgan fingerprint density at radius 2 is 1.90 bits per heavy atom. The Kier molecular flexibility index (Phi) is 4.77. The molecule has 0 saturated heterocycles. The summed E-state index contributed by atoms with van der Waals surface area (Å²) >= 11 is 5.88. The van der Waals surface area contributed by atoms with Crippen LogP contribution in [0.5, 0.6) is 0 Å². The Bertz CT molecular complexity index is 608. The maximum atomic E-state index is 12.2. The molecule has 20 heavy (non-hydrogen) atoms. The van der Waals surface area contributed by atoms with Crippen molar-refractivity contribution in [3.05, 3.63) is 64.2 Å². The highest BCUT2D eigenvalue weighted by Gasteiger charge is 2.09. The summed E-state index contributed by atoms with van der Waals surface area (Å²) in [5, 5.41) is 12.3. The molecule has 0 aliphatic rings. The fourth-order valence-corrected chi connectivity index (χ4v) is 2.19. The van der Waals surface area contributed by atoms with Crippen molar-refractivity contribution in [2.24, 2.45) is 0 Å². The van der Waals surface area contributed by atoms with Gasteiger partial charge in [-0.3, -0.25) is 4.79 Å². The molecular formula is C16H16ClNO2. The van der Waals surface area contributed by atoms with Crippen molar-refractivity contribution in [2.45, 2.75) is 13.3 Å². The fourth-order valence-electron chi connectivity index (χ4n) is 1.96. The van der Waals surface area contributed by atoms with Crippen LogP contribution in [0, 0.1) is 6.92 Å². The summed E-state index contributed by atoms with van der Waals surface area (Å²) in [6.45, 7) is 1.97. The molecule has 2 N–H and O–H groups in total. The summed E-state index contributed by atoms with van der Waals surface area (Å²) in [4.78, 5) is 12.2. The molecule has 0 aliphatic carbocycles. The fraction of sp³-hybridized carbons (Fsp3) is 0.188. The van der Waals surface area contributed by atoms with E-state index in [0.29, 0.717) is 17.0 Å². The van der Waals surface area contributed by atoms with Gasteiger partial charge in [-0.15, -0.1) is 0 Å². The van der Waals surface area contributed by atoms with E-state index in [1.165, 1.54) is 0 Å². The number of nitrogens with one attached hydrogen (secondary N) is 1. The van der Waals surface area contributed by atoms with Gasteiger partial charge in [0.2, 0.25) is 0 Å². The summed E-state index contributed by atoms with van der Waals surface area (Å²) in [5.41, 5.74) is 3.21. The molecule has 0 aromatic heterocycles. The number of carbonyl (C=O) groups is 1. The van der Waals surface area contributed by atoms with Gasteiger partial charge in [0.15, 0.2) is 0 Å². The molecule has 4 heteroatoms. The standard InChI is InChI=1S/C16H16ClNO2/c1-11-10-13(17)4-7-15(11)16(20)18-14-5-2-12(3-6-14)8-9-19/h2-7,10,19H,8-9H2,1H3,(H,18,20). The van der Waals surface area contributed by atoms with Crippen molar-refractivity contribution in [2.75, 3.05) is 11.9 Å². The van der Waals surface area contributed by atoms with Gasteiger partial charge in [-0.25, -0.2) is 0 Å². The highest BCUT2D eigenvalue weighted by Crippen LogP contribution is 2.17. The molecule has 2 aromatic carbocycles. The van der Waals surface area contributed by atoms with Crippen LogP contribution in [-0.4, -0.2) is 17.6 Å². The second-order valence-electron chi connectivity index (χ2n) is 4.58. The van der Waals surface area contributed by atoms with Crippen molar-refractivity contribution in [1.29, 1.82) is 0 Å². The van der Waals surface area contributed by atoms with Gasteiger partial charge >= 0.3 is 0 Å². The lowest BCUT2D eigenvalue weighted by Gasteiger charge is -2.08. The Hall–Kier alpha value is -1.84. The predicted molar refractivity (Wildman–Crippen MR) is 81.4 cm³/mol. The number of carbonyl (C=O) groups excluding carboxylic acids is 1. The third-order valence-electron chi connectivity index (χ3n) is 3.05. The third-order valence-corrected chi connectivity index (χ3v) is 3.28. The first-order valence-electron chi connectivity index (χ1n) is 6.37. The first kappa shape index (κ1) is 14.6. The highest BCUT2D eigenvalue weighted by molar-refractivity contribution is 6.30. The van der Waals surface area contributed by atoms with Gasteiger partial charge in [0, 0.05) is 22.9 Å². The van der Waals surface area contributed by atoms with Crippen molar-refractivity contribution in [3.8, 4) is 0 Å². The summed E-state index contributed by atoms with van der Waals surface area (Å²) in [7, 11) is 0. The molecule has 0 fully saturated rings. The van der Waals surface area contributed by atoms with Gasteiger partial charge < -0.3 is 10.4 Å². The van der Waals surface area contributed by atoms with Crippen LogP contribution in [0.2, 0.25) is 5.02 Å². The average molecular weight is 290 g/mol. The van der Waals surface area contributed by atoms with Gasteiger partial charge in [-0.2, -0.15) is 0 Å². The molecule has 104 valence electrons. The van der Waals surface area contributed by atoms with Crippen LogP contribution in [0.3, 0.4) is 0 Å². The minimum atomic E-state index is -0.158. The van der Waals surface area contributed by atoms with Crippen LogP contribution < -0.4 is 5.32 Å². The Morgan fingerprint density at radius 1 is 1.20 bits per heavy atom. The molecule has 2 aromatic rings. The first-order chi connectivity index (χ1) is 9.60. The lowest BCUT2D eigenvalue weighted by Crippen LogP contribution is -2.13. The number of halogens is 1. The molecule has 3 nitrogen and oxygen atoms in total. The van der Waals surface area contributed by atoms with Crippen molar-refractivity contribution >= 4 is 23.2 Å². The van der Waals surface area contributed by atoms with Gasteiger partial charge in [0.25, 0.3) is 5.91 Å². The van der Waals surface area contributed by atoms with Crippen LogP contribution in [0.15, 0.2) is 42.5 Å². The molecule has 0 bridgehead atoms. The topological polar surface area (TPSA) is 49.3 Å². The summed E-state index contributed by atoms with van der Waals surface area (Å²) in [5.74, 6) is -0.158. The molecule has 0 aliphatic heterocycles. The maximum absolute atomic E-state index is 12.2. The van der Waals surface area contributed by atoms with Crippen LogP contribution in [0.4, 0.5) is 5.69 Å². The molecule has 1 amide bonds. The van der Waals surface area contributed by atoms with Crippen LogP contribution in [-0.2, 0) is 6.42 Å². The molecule has 0 atom stereocenters. The predicted octanol–water partition coefficient (Wildman–Crippen LogP) is 3.44. The van der Waals surface area contributed by atoms with E-state index in [9.17, 15) is 4.79 Å². The van der Waals surface area contributed by atoms with E-state index in [0.717, 1.165) is 16.8 Å². The zero-order valence-electron chi connectivity index (χ0n) is 11.2. The molecule has 0 saturated carbocycles. The molecular weight excluding hydrogens is 274 g/mol. The highest BCUT2D eigenvalue weighted by atomic mass is 35.5. The van der Waals surface area contributed by atoms with E-state index in [4.69, 9.17) is 16.7 Å². The number of hydrogen-bond donors (Lipinski definition) is 2. The second kappa shape index (κ2) is 6.55. The normalized spacial score (nSPS) is 10.3. The quantitative estimate of drug-likeness (QED) is 0.906. The average Bonchev–Trinajstić information content (AvgIpc) is 2.41. The number of amides is 1. The first-order valence-corrected chi connectivity index (χ1v) is 6.75. The molecule has 0 unspecified atom stereocenters. The largest absolute Gasteiger partial charge is 0.396 e. The third kappa shape index (κ3) is 3.59. The second-order valence-corrected chi connectivity index (χ2v) is 5.02. The van der Waals surface area contributed by atoms with Gasteiger partial charge in [-0.05, 0) is 54.8 Å². The zero-order chi connectivity index (χ0) is 14.5. The Morgan fingerprint density at radius 3 is 2.50 bits per heavy atom. The summed E-state index contributed by atoms with van der Waals surface area (Å²) in [6, 6.07) is 12.6. The summed E-state index contributed by atoms with van der Waals surface area (Å²) in [6.07, 6.45) is 0.616. The van der Waals surface area contributed by atoms with Crippen molar-refractivity contribution in [1.82, 2.24) is 0 Å². The van der Waals surface area contributed by atoms with E-state index in [2.05, 4.69) is 5.32 Å².